The Morgan fingerprint density at radius 3 is 2.71 bits per heavy atom. The molecule has 0 bridgehead atoms. The summed E-state index contributed by atoms with van der Waals surface area (Å²) in [6.45, 7) is 7.50. The molecular weight excluding hydrogens is 270 g/mol. The first-order valence-corrected chi connectivity index (χ1v) is 8.02. The van der Waals surface area contributed by atoms with Gasteiger partial charge in [0, 0.05) is 20.3 Å². The molecule has 2 N–H and O–H groups in total. The van der Waals surface area contributed by atoms with Crippen molar-refractivity contribution in [2.24, 2.45) is 17.6 Å². The van der Waals surface area contributed by atoms with E-state index in [0.717, 1.165) is 19.3 Å². The second kappa shape index (κ2) is 9.38. The van der Waals surface area contributed by atoms with E-state index in [4.69, 9.17) is 19.9 Å². The second-order valence-corrected chi connectivity index (χ2v) is 6.41. The smallest absolute Gasteiger partial charge is 0.323 e. The van der Waals surface area contributed by atoms with Crippen molar-refractivity contribution in [3.8, 4) is 0 Å². The molecule has 1 rings (SSSR count). The predicted molar refractivity (Wildman–Crippen MR) is 81.9 cm³/mol. The van der Waals surface area contributed by atoms with Gasteiger partial charge in [0.2, 0.25) is 0 Å². The van der Waals surface area contributed by atoms with Gasteiger partial charge in [-0.05, 0) is 38.0 Å². The SMILES string of the molecule is COCCC1CCCC(N)C(=O)OC(C)C1OCC(C)C. The van der Waals surface area contributed by atoms with E-state index in [9.17, 15) is 4.79 Å². The van der Waals surface area contributed by atoms with Crippen molar-refractivity contribution < 1.29 is 19.0 Å². The van der Waals surface area contributed by atoms with Gasteiger partial charge in [-0.3, -0.25) is 4.79 Å². The number of cyclic esters (lactones) is 1. The molecule has 0 aliphatic carbocycles. The van der Waals surface area contributed by atoms with Crippen LogP contribution in [0.15, 0.2) is 0 Å². The largest absolute Gasteiger partial charge is 0.459 e. The Morgan fingerprint density at radius 1 is 1.38 bits per heavy atom. The Balaban J connectivity index is 2.79. The number of carbonyl (C=O) groups excluding carboxylic acids is 1. The molecule has 0 spiro atoms. The van der Waals surface area contributed by atoms with Gasteiger partial charge in [-0.25, -0.2) is 0 Å². The first kappa shape index (κ1) is 18.4. The number of hydrogen-bond acceptors (Lipinski definition) is 5. The van der Waals surface area contributed by atoms with Gasteiger partial charge in [0.1, 0.15) is 12.1 Å². The Bertz CT molecular complexity index is 309. The summed E-state index contributed by atoms with van der Waals surface area (Å²) >= 11 is 0. The van der Waals surface area contributed by atoms with Crippen LogP contribution in [-0.4, -0.2) is 44.5 Å². The Labute approximate surface area is 128 Å². The molecule has 4 unspecified atom stereocenters. The lowest BCUT2D eigenvalue weighted by molar-refractivity contribution is -0.161. The first-order valence-electron chi connectivity index (χ1n) is 8.02. The van der Waals surface area contributed by atoms with Crippen LogP contribution in [0.1, 0.15) is 46.5 Å². The molecule has 0 saturated carbocycles. The van der Waals surface area contributed by atoms with Crippen LogP contribution < -0.4 is 5.73 Å². The highest BCUT2D eigenvalue weighted by Crippen LogP contribution is 2.26. The predicted octanol–water partition coefficient (Wildman–Crippen LogP) is 2.12. The fraction of sp³-hybridized carbons (Fsp3) is 0.938. The number of ether oxygens (including phenoxy) is 3. The molecule has 21 heavy (non-hydrogen) atoms. The van der Waals surface area contributed by atoms with Crippen LogP contribution >= 0.6 is 0 Å². The Kier molecular flexibility index (Phi) is 8.22. The quantitative estimate of drug-likeness (QED) is 0.761. The van der Waals surface area contributed by atoms with Crippen LogP contribution in [-0.2, 0) is 19.0 Å². The maximum Gasteiger partial charge on any atom is 0.323 e. The average molecular weight is 301 g/mol. The van der Waals surface area contributed by atoms with Crippen LogP contribution in [0.4, 0.5) is 0 Å². The van der Waals surface area contributed by atoms with Crippen molar-refractivity contribution in [1.29, 1.82) is 0 Å². The third-order valence-electron chi connectivity index (χ3n) is 3.94. The molecule has 1 aliphatic rings. The van der Waals surface area contributed by atoms with E-state index in [1.165, 1.54) is 0 Å². The number of carbonyl (C=O) groups is 1. The maximum absolute atomic E-state index is 11.9. The normalized spacial score (nSPS) is 31.4. The summed E-state index contributed by atoms with van der Waals surface area (Å²) in [5, 5.41) is 0. The maximum atomic E-state index is 11.9. The van der Waals surface area contributed by atoms with Gasteiger partial charge in [0.05, 0.1) is 6.10 Å². The summed E-state index contributed by atoms with van der Waals surface area (Å²) in [4.78, 5) is 11.9. The summed E-state index contributed by atoms with van der Waals surface area (Å²) in [6.07, 6.45) is 3.13. The molecular formula is C16H31NO4. The molecule has 1 fully saturated rings. The minimum Gasteiger partial charge on any atom is -0.459 e. The molecule has 0 aromatic carbocycles. The van der Waals surface area contributed by atoms with Crippen LogP contribution in [0.5, 0.6) is 0 Å². The molecule has 0 aromatic heterocycles. The van der Waals surface area contributed by atoms with Gasteiger partial charge in [-0.15, -0.1) is 0 Å². The summed E-state index contributed by atoms with van der Waals surface area (Å²) in [5.74, 6) is 0.468. The standard InChI is InChI=1S/C16H31NO4/c1-11(2)10-20-15-12(3)21-16(18)14(17)7-5-6-13(15)8-9-19-4/h11-15H,5-10,17H2,1-4H3. The van der Waals surface area contributed by atoms with Crippen molar-refractivity contribution in [3.63, 3.8) is 0 Å². The van der Waals surface area contributed by atoms with Crippen molar-refractivity contribution in [1.82, 2.24) is 0 Å². The molecule has 5 heteroatoms. The highest BCUT2D eigenvalue weighted by Gasteiger charge is 2.33. The van der Waals surface area contributed by atoms with Crippen molar-refractivity contribution in [3.05, 3.63) is 0 Å². The molecule has 1 saturated heterocycles. The third kappa shape index (κ3) is 6.32. The Morgan fingerprint density at radius 2 is 2.10 bits per heavy atom. The van der Waals surface area contributed by atoms with Crippen molar-refractivity contribution in [2.75, 3.05) is 20.3 Å². The van der Waals surface area contributed by atoms with E-state index in [0.29, 0.717) is 31.5 Å². The van der Waals surface area contributed by atoms with E-state index in [-0.39, 0.29) is 18.2 Å². The zero-order valence-corrected chi connectivity index (χ0v) is 13.8. The van der Waals surface area contributed by atoms with Gasteiger partial charge in [0.15, 0.2) is 0 Å². The summed E-state index contributed by atoms with van der Waals surface area (Å²) in [6, 6.07) is -0.514. The van der Waals surface area contributed by atoms with E-state index in [1.54, 1.807) is 7.11 Å². The minimum atomic E-state index is -0.514. The monoisotopic (exact) mass is 301 g/mol. The highest BCUT2D eigenvalue weighted by atomic mass is 16.6. The van der Waals surface area contributed by atoms with E-state index in [2.05, 4.69) is 13.8 Å². The second-order valence-electron chi connectivity index (χ2n) is 6.41. The zero-order chi connectivity index (χ0) is 15.8. The van der Waals surface area contributed by atoms with Crippen LogP contribution in [0.25, 0.3) is 0 Å². The number of methoxy groups -OCH3 is 1. The van der Waals surface area contributed by atoms with Crippen molar-refractivity contribution in [2.45, 2.75) is 64.7 Å². The minimum absolute atomic E-state index is 0.0863. The lowest BCUT2D eigenvalue weighted by Gasteiger charge is -2.31. The van der Waals surface area contributed by atoms with Gasteiger partial charge >= 0.3 is 5.97 Å². The van der Waals surface area contributed by atoms with E-state index in [1.807, 2.05) is 6.92 Å². The van der Waals surface area contributed by atoms with Crippen LogP contribution in [0, 0.1) is 11.8 Å². The summed E-state index contributed by atoms with van der Waals surface area (Å²) in [5.41, 5.74) is 5.85. The third-order valence-corrected chi connectivity index (χ3v) is 3.94. The molecule has 0 radical (unpaired) electrons. The lowest BCUT2D eigenvalue weighted by atomic mass is 9.89. The zero-order valence-electron chi connectivity index (χ0n) is 13.8. The van der Waals surface area contributed by atoms with E-state index >= 15 is 0 Å². The molecule has 5 nitrogen and oxygen atoms in total. The van der Waals surface area contributed by atoms with Gasteiger partial charge in [-0.2, -0.15) is 0 Å². The molecule has 1 heterocycles. The van der Waals surface area contributed by atoms with Crippen LogP contribution in [0.2, 0.25) is 0 Å². The number of hydrogen-bond donors (Lipinski definition) is 1. The topological polar surface area (TPSA) is 70.8 Å². The lowest BCUT2D eigenvalue weighted by Crippen LogP contribution is -2.40. The molecule has 1 aliphatic heterocycles. The average Bonchev–Trinajstić information content (AvgIpc) is 2.46. The van der Waals surface area contributed by atoms with Crippen LogP contribution in [0.3, 0.4) is 0 Å². The number of esters is 1. The van der Waals surface area contributed by atoms with Gasteiger partial charge < -0.3 is 19.9 Å². The fourth-order valence-electron chi connectivity index (χ4n) is 2.76. The fourth-order valence-corrected chi connectivity index (χ4v) is 2.76. The Hall–Kier alpha value is -0.650. The molecule has 124 valence electrons. The first-order chi connectivity index (χ1) is 9.95. The summed E-state index contributed by atoms with van der Waals surface area (Å²) in [7, 11) is 1.71. The number of rotatable bonds is 6. The van der Waals surface area contributed by atoms with E-state index < -0.39 is 6.04 Å². The van der Waals surface area contributed by atoms with Gasteiger partial charge in [-0.1, -0.05) is 20.3 Å². The van der Waals surface area contributed by atoms with Gasteiger partial charge in [0.25, 0.3) is 0 Å². The highest BCUT2D eigenvalue weighted by molar-refractivity contribution is 5.75. The molecule has 0 amide bonds. The van der Waals surface area contributed by atoms with Crippen molar-refractivity contribution >= 4 is 5.97 Å². The molecule has 4 atom stereocenters. The molecule has 0 aromatic rings. The number of nitrogens with two attached hydrogens (primary N) is 1. The summed E-state index contributed by atoms with van der Waals surface area (Å²) < 4.78 is 16.8.